The molecule has 3 nitrogen and oxygen atoms in total. The summed E-state index contributed by atoms with van der Waals surface area (Å²) in [4.78, 5) is 9.27. The second kappa shape index (κ2) is 9.60. The number of nitrogens with zero attached hydrogens (tertiary/aromatic N) is 2. The molecule has 0 radical (unpaired) electrons. The summed E-state index contributed by atoms with van der Waals surface area (Å²) in [6.45, 7) is -0.150. The predicted molar refractivity (Wildman–Crippen MR) is 137 cm³/mol. The van der Waals surface area contributed by atoms with Crippen LogP contribution in [0.15, 0.2) is 54.7 Å². The largest absolute Gasteiger partial charge is 0.392 e. The van der Waals surface area contributed by atoms with Crippen LogP contribution in [0, 0.1) is 0 Å². The standard InChI is InChI=1S/C27H23Cl3N2O/c28-19-8-4-7-17(13-19)20-11-12-31-26(22(20)15-33)18-9-10-23-21(14-18)25(29)24(27(30)32-23)16-5-2-1-3-6-16/h4,7-14,16,33H,1-3,5-6,15H2. The second-order valence-corrected chi connectivity index (χ2v) is 9.72. The Kier molecular flexibility index (Phi) is 6.58. The number of aliphatic hydroxyl groups is 1. The molecule has 0 unspecified atom stereocenters. The summed E-state index contributed by atoms with van der Waals surface area (Å²) in [5.41, 5.74) is 5.87. The first kappa shape index (κ1) is 22.6. The van der Waals surface area contributed by atoms with E-state index in [0.717, 1.165) is 51.6 Å². The molecule has 1 saturated carbocycles. The summed E-state index contributed by atoms with van der Waals surface area (Å²) >= 11 is 19.8. The van der Waals surface area contributed by atoms with E-state index in [1.165, 1.54) is 19.3 Å². The Hall–Kier alpha value is -2.17. The van der Waals surface area contributed by atoms with Gasteiger partial charge in [0, 0.05) is 33.3 Å². The highest BCUT2D eigenvalue weighted by atomic mass is 35.5. The van der Waals surface area contributed by atoms with Crippen molar-refractivity contribution >= 4 is 45.7 Å². The van der Waals surface area contributed by atoms with Gasteiger partial charge in [0.25, 0.3) is 0 Å². The van der Waals surface area contributed by atoms with Crippen LogP contribution in [0.4, 0.5) is 0 Å². The predicted octanol–water partition coefficient (Wildman–Crippen LogP) is 8.46. The lowest BCUT2D eigenvalue weighted by atomic mass is 9.84. The lowest BCUT2D eigenvalue weighted by Gasteiger charge is -2.24. The summed E-state index contributed by atoms with van der Waals surface area (Å²) < 4.78 is 0. The molecule has 2 aromatic carbocycles. The van der Waals surface area contributed by atoms with Crippen LogP contribution >= 0.6 is 34.8 Å². The van der Waals surface area contributed by atoms with Crippen molar-refractivity contribution in [2.45, 2.75) is 44.6 Å². The zero-order valence-corrected chi connectivity index (χ0v) is 20.3. The first-order valence-corrected chi connectivity index (χ1v) is 12.3. The summed E-state index contributed by atoms with van der Waals surface area (Å²) in [5, 5.41) is 13.0. The number of aliphatic hydroxyl groups excluding tert-OH is 1. The molecular weight excluding hydrogens is 475 g/mol. The first-order valence-electron chi connectivity index (χ1n) is 11.2. The Morgan fingerprint density at radius 1 is 0.909 bits per heavy atom. The van der Waals surface area contributed by atoms with Gasteiger partial charge in [0.2, 0.25) is 0 Å². The van der Waals surface area contributed by atoms with Gasteiger partial charge in [0.15, 0.2) is 0 Å². The van der Waals surface area contributed by atoms with Crippen molar-refractivity contribution in [3.63, 3.8) is 0 Å². The van der Waals surface area contributed by atoms with Gasteiger partial charge in [0.1, 0.15) is 5.15 Å². The Labute approximate surface area is 208 Å². The van der Waals surface area contributed by atoms with Crippen molar-refractivity contribution in [3.05, 3.63) is 81.1 Å². The first-order chi connectivity index (χ1) is 16.1. The van der Waals surface area contributed by atoms with Gasteiger partial charge in [-0.2, -0.15) is 0 Å². The van der Waals surface area contributed by atoms with Gasteiger partial charge < -0.3 is 5.11 Å². The number of rotatable bonds is 4. The van der Waals surface area contributed by atoms with Gasteiger partial charge in [-0.25, -0.2) is 4.98 Å². The van der Waals surface area contributed by atoms with E-state index in [9.17, 15) is 5.11 Å². The average Bonchev–Trinajstić information content (AvgIpc) is 2.84. The Bertz CT molecular complexity index is 1330. The number of aromatic nitrogens is 2. The second-order valence-electron chi connectivity index (χ2n) is 8.55. The lowest BCUT2D eigenvalue weighted by molar-refractivity contribution is 0.282. The van der Waals surface area contributed by atoms with Crippen molar-refractivity contribution in [2.75, 3.05) is 0 Å². The highest BCUT2D eigenvalue weighted by molar-refractivity contribution is 6.39. The Morgan fingerprint density at radius 2 is 1.73 bits per heavy atom. The van der Waals surface area contributed by atoms with Gasteiger partial charge >= 0.3 is 0 Å². The van der Waals surface area contributed by atoms with Crippen molar-refractivity contribution in [1.29, 1.82) is 0 Å². The minimum atomic E-state index is -0.150. The average molecular weight is 498 g/mol. The maximum atomic E-state index is 10.3. The van der Waals surface area contributed by atoms with Crippen LogP contribution in [0.3, 0.4) is 0 Å². The molecule has 1 N–H and O–H groups in total. The molecule has 1 aliphatic carbocycles. The normalized spacial score (nSPS) is 14.7. The number of hydrogen-bond acceptors (Lipinski definition) is 3. The zero-order chi connectivity index (χ0) is 22.9. The van der Waals surface area contributed by atoms with Crippen LogP contribution in [0.1, 0.15) is 49.1 Å². The van der Waals surface area contributed by atoms with E-state index < -0.39 is 0 Å². The molecule has 0 aliphatic heterocycles. The Morgan fingerprint density at radius 3 is 2.48 bits per heavy atom. The summed E-state index contributed by atoms with van der Waals surface area (Å²) in [6, 6.07) is 15.4. The summed E-state index contributed by atoms with van der Waals surface area (Å²) in [6.07, 6.45) is 7.57. The summed E-state index contributed by atoms with van der Waals surface area (Å²) in [5.74, 6) is 0.344. The molecule has 0 atom stereocenters. The fourth-order valence-electron chi connectivity index (χ4n) is 4.92. The molecule has 0 spiro atoms. The molecule has 5 rings (SSSR count). The molecule has 6 heteroatoms. The van der Waals surface area contributed by atoms with Gasteiger partial charge in [-0.1, -0.05) is 72.3 Å². The molecule has 33 heavy (non-hydrogen) atoms. The highest BCUT2D eigenvalue weighted by Gasteiger charge is 2.24. The minimum Gasteiger partial charge on any atom is -0.392 e. The molecule has 168 valence electrons. The molecule has 2 aromatic heterocycles. The fourth-order valence-corrected chi connectivity index (χ4v) is 5.90. The molecule has 1 aliphatic rings. The van der Waals surface area contributed by atoms with Crippen LogP contribution in [-0.4, -0.2) is 15.1 Å². The lowest BCUT2D eigenvalue weighted by Crippen LogP contribution is -2.07. The highest BCUT2D eigenvalue weighted by Crippen LogP contribution is 2.43. The van der Waals surface area contributed by atoms with E-state index in [0.29, 0.717) is 26.8 Å². The number of halogens is 3. The zero-order valence-electron chi connectivity index (χ0n) is 18.0. The maximum absolute atomic E-state index is 10.3. The topological polar surface area (TPSA) is 46.0 Å². The van der Waals surface area contributed by atoms with E-state index >= 15 is 0 Å². The quantitative estimate of drug-likeness (QED) is 0.288. The van der Waals surface area contributed by atoms with Gasteiger partial charge in [0.05, 0.1) is 22.8 Å². The van der Waals surface area contributed by atoms with Crippen molar-refractivity contribution in [3.8, 4) is 22.4 Å². The van der Waals surface area contributed by atoms with E-state index in [2.05, 4.69) is 9.97 Å². The van der Waals surface area contributed by atoms with Crippen molar-refractivity contribution < 1.29 is 5.11 Å². The molecule has 1 fully saturated rings. The molecular formula is C27H23Cl3N2O. The fraction of sp³-hybridized carbons (Fsp3) is 0.259. The van der Waals surface area contributed by atoms with E-state index in [4.69, 9.17) is 34.8 Å². The van der Waals surface area contributed by atoms with Crippen molar-refractivity contribution in [1.82, 2.24) is 9.97 Å². The number of fused-ring (bicyclic) bond motifs is 1. The van der Waals surface area contributed by atoms with Gasteiger partial charge in [-0.05, 0) is 60.2 Å². The maximum Gasteiger partial charge on any atom is 0.134 e. The van der Waals surface area contributed by atoms with E-state index in [1.807, 2.05) is 48.5 Å². The van der Waals surface area contributed by atoms with E-state index in [-0.39, 0.29) is 6.61 Å². The third kappa shape index (κ3) is 4.36. The van der Waals surface area contributed by atoms with Crippen LogP contribution in [0.5, 0.6) is 0 Å². The summed E-state index contributed by atoms with van der Waals surface area (Å²) in [7, 11) is 0. The van der Waals surface area contributed by atoms with Crippen LogP contribution < -0.4 is 0 Å². The van der Waals surface area contributed by atoms with Gasteiger partial charge in [-0.3, -0.25) is 4.98 Å². The monoisotopic (exact) mass is 496 g/mol. The molecule has 0 saturated heterocycles. The molecule has 0 bridgehead atoms. The molecule has 0 amide bonds. The minimum absolute atomic E-state index is 0.150. The molecule has 2 heterocycles. The molecule has 4 aromatic rings. The van der Waals surface area contributed by atoms with E-state index in [1.54, 1.807) is 6.20 Å². The number of benzene rings is 2. The smallest absolute Gasteiger partial charge is 0.134 e. The number of pyridine rings is 2. The SMILES string of the molecule is OCc1c(-c2cccc(Cl)c2)ccnc1-c1ccc2nc(Cl)c(C3CCCCC3)c(Cl)c2c1. The number of hydrogen-bond donors (Lipinski definition) is 1. The van der Waals surface area contributed by atoms with Crippen LogP contribution in [-0.2, 0) is 6.61 Å². The van der Waals surface area contributed by atoms with Crippen LogP contribution in [0.25, 0.3) is 33.3 Å². The van der Waals surface area contributed by atoms with Crippen molar-refractivity contribution in [2.24, 2.45) is 0 Å². The van der Waals surface area contributed by atoms with Crippen LogP contribution in [0.2, 0.25) is 15.2 Å². The van der Waals surface area contributed by atoms with Gasteiger partial charge in [-0.15, -0.1) is 0 Å². The third-order valence-corrected chi connectivity index (χ3v) is 7.48. The Balaban J connectivity index is 1.65. The third-order valence-electron chi connectivity index (χ3n) is 6.55.